The average molecular weight is 338 g/mol. The standard InChI is InChI=1S/C21H43N3/c1-2-3-18(14-17-7-11-20(23)12-8-17)15-21(24)13-6-16-4-9-19(22)10-5-16/h16-21H,2-15,22-24H2,1H3. The number of nitrogens with two attached hydrogens (primary N) is 3. The van der Waals surface area contributed by atoms with Crippen molar-refractivity contribution in [2.45, 2.75) is 115 Å². The van der Waals surface area contributed by atoms with Crippen LogP contribution in [-0.2, 0) is 0 Å². The number of hydrogen-bond donors (Lipinski definition) is 3. The van der Waals surface area contributed by atoms with Gasteiger partial charge in [0.1, 0.15) is 0 Å². The molecular weight excluding hydrogens is 294 g/mol. The molecule has 0 aromatic rings. The molecule has 0 bridgehead atoms. The van der Waals surface area contributed by atoms with Crippen LogP contribution in [0.25, 0.3) is 0 Å². The van der Waals surface area contributed by atoms with E-state index in [0.717, 1.165) is 17.8 Å². The van der Waals surface area contributed by atoms with Crippen molar-refractivity contribution in [3.05, 3.63) is 0 Å². The number of hydrogen-bond acceptors (Lipinski definition) is 3. The first-order valence-corrected chi connectivity index (χ1v) is 10.8. The third-order valence-corrected chi connectivity index (χ3v) is 6.73. The van der Waals surface area contributed by atoms with E-state index in [0.29, 0.717) is 18.1 Å². The van der Waals surface area contributed by atoms with Gasteiger partial charge in [-0.25, -0.2) is 0 Å². The molecule has 3 nitrogen and oxygen atoms in total. The molecule has 142 valence electrons. The summed E-state index contributed by atoms with van der Waals surface area (Å²) in [5, 5.41) is 0. The molecule has 0 radical (unpaired) electrons. The molecule has 2 aliphatic carbocycles. The van der Waals surface area contributed by atoms with E-state index in [1.807, 2.05) is 0 Å². The van der Waals surface area contributed by atoms with Crippen molar-refractivity contribution < 1.29 is 0 Å². The minimum Gasteiger partial charge on any atom is -0.328 e. The topological polar surface area (TPSA) is 78.1 Å². The van der Waals surface area contributed by atoms with Gasteiger partial charge < -0.3 is 17.2 Å². The first-order valence-electron chi connectivity index (χ1n) is 10.8. The largest absolute Gasteiger partial charge is 0.328 e. The monoisotopic (exact) mass is 337 g/mol. The predicted molar refractivity (Wildman–Crippen MR) is 105 cm³/mol. The van der Waals surface area contributed by atoms with E-state index in [1.165, 1.54) is 89.9 Å². The summed E-state index contributed by atoms with van der Waals surface area (Å²) in [5.41, 5.74) is 18.6. The Hall–Kier alpha value is -0.120. The van der Waals surface area contributed by atoms with Crippen molar-refractivity contribution in [1.82, 2.24) is 0 Å². The van der Waals surface area contributed by atoms with Crippen LogP contribution in [0.2, 0.25) is 0 Å². The maximum Gasteiger partial charge on any atom is 0.00415 e. The van der Waals surface area contributed by atoms with Gasteiger partial charge in [0.05, 0.1) is 0 Å². The molecule has 0 heterocycles. The molecule has 2 atom stereocenters. The highest BCUT2D eigenvalue weighted by Gasteiger charge is 2.24. The van der Waals surface area contributed by atoms with Crippen molar-refractivity contribution in [3.8, 4) is 0 Å². The third kappa shape index (κ3) is 7.41. The lowest BCUT2D eigenvalue weighted by Gasteiger charge is -2.31. The van der Waals surface area contributed by atoms with Crippen LogP contribution in [0.1, 0.15) is 96.8 Å². The summed E-state index contributed by atoms with van der Waals surface area (Å²) in [6.07, 6.45) is 18.1. The summed E-state index contributed by atoms with van der Waals surface area (Å²) >= 11 is 0. The molecule has 0 aliphatic heterocycles. The molecule has 2 aliphatic rings. The highest BCUT2D eigenvalue weighted by molar-refractivity contribution is 4.80. The molecule has 0 aromatic carbocycles. The van der Waals surface area contributed by atoms with Gasteiger partial charge in [-0.3, -0.25) is 0 Å². The lowest BCUT2D eigenvalue weighted by molar-refractivity contribution is 0.239. The van der Waals surface area contributed by atoms with E-state index in [2.05, 4.69) is 6.92 Å². The zero-order chi connectivity index (χ0) is 17.4. The van der Waals surface area contributed by atoms with Gasteiger partial charge >= 0.3 is 0 Å². The summed E-state index contributed by atoms with van der Waals surface area (Å²) in [6, 6.07) is 1.34. The zero-order valence-electron chi connectivity index (χ0n) is 16.1. The van der Waals surface area contributed by atoms with Crippen LogP contribution in [0.3, 0.4) is 0 Å². The minimum atomic E-state index is 0.406. The van der Waals surface area contributed by atoms with E-state index in [1.54, 1.807) is 0 Å². The van der Waals surface area contributed by atoms with Gasteiger partial charge in [-0.1, -0.05) is 19.8 Å². The van der Waals surface area contributed by atoms with Crippen molar-refractivity contribution >= 4 is 0 Å². The van der Waals surface area contributed by atoms with Crippen LogP contribution in [0, 0.1) is 17.8 Å². The van der Waals surface area contributed by atoms with E-state index in [4.69, 9.17) is 17.2 Å². The quantitative estimate of drug-likeness (QED) is 0.586. The summed E-state index contributed by atoms with van der Waals surface area (Å²) in [6.45, 7) is 2.32. The van der Waals surface area contributed by atoms with Gasteiger partial charge in [-0.2, -0.15) is 0 Å². The van der Waals surface area contributed by atoms with Gasteiger partial charge in [0, 0.05) is 18.1 Å². The normalized spacial score (nSPS) is 34.0. The van der Waals surface area contributed by atoms with E-state index in [-0.39, 0.29) is 0 Å². The van der Waals surface area contributed by atoms with E-state index < -0.39 is 0 Å². The lowest BCUT2D eigenvalue weighted by Crippen LogP contribution is -2.30. The third-order valence-electron chi connectivity index (χ3n) is 6.73. The summed E-state index contributed by atoms with van der Waals surface area (Å²) < 4.78 is 0. The zero-order valence-corrected chi connectivity index (χ0v) is 16.1. The summed E-state index contributed by atoms with van der Waals surface area (Å²) in [5.74, 6) is 2.64. The smallest absolute Gasteiger partial charge is 0.00415 e. The molecular formula is C21H43N3. The lowest BCUT2D eigenvalue weighted by atomic mass is 9.77. The average Bonchev–Trinajstić information content (AvgIpc) is 2.57. The van der Waals surface area contributed by atoms with Crippen molar-refractivity contribution in [1.29, 1.82) is 0 Å². The molecule has 0 spiro atoms. The Kier molecular flexibility index (Phi) is 9.07. The van der Waals surface area contributed by atoms with E-state index >= 15 is 0 Å². The molecule has 3 heteroatoms. The van der Waals surface area contributed by atoms with Crippen molar-refractivity contribution in [2.24, 2.45) is 35.0 Å². The molecule has 0 aromatic heterocycles. The second-order valence-corrected chi connectivity index (χ2v) is 9.03. The molecule has 2 unspecified atom stereocenters. The second kappa shape index (κ2) is 10.8. The van der Waals surface area contributed by atoms with Gasteiger partial charge in [-0.05, 0) is 94.8 Å². The maximum absolute atomic E-state index is 6.53. The maximum atomic E-state index is 6.53. The molecule has 24 heavy (non-hydrogen) atoms. The fourth-order valence-electron chi connectivity index (χ4n) is 5.11. The fraction of sp³-hybridized carbons (Fsp3) is 1.00. The van der Waals surface area contributed by atoms with Gasteiger partial charge in [0.2, 0.25) is 0 Å². The highest BCUT2D eigenvalue weighted by atomic mass is 14.6. The number of rotatable bonds is 9. The Morgan fingerprint density at radius 2 is 1.33 bits per heavy atom. The molecule has 2 saturated carbocycles. The van der Waals surface area contributed by atoms with Crippen molar-refractivity contribution in [3.63, 3.8) is 0 Å². The Bertz CT molecular complexity index is 317. The van der Waals surface area contributed by atoms with Crippen LogP contribution in [0.5, 0.6) is 0 Å². The Balaban J connectivity index is 1.67. The summed E-state index contributed by atoms with van der Waals surface area (Å²) in [4.78, 5) is 0. The summed E-state index contributed by atoms with van der Waals surface area (Å²) in [7, 11) is 0. The van der Waals surface area contributed by atoms with Gasteiger partial charge in [0.25, 0.3) is 0 Å². The van der Waals surface area contributed by atoms with Gasteiger partial charge in [0.15, 0.2) is 0 Å². The molecule has 0 saturated heterocycles. The minimum absolute atomic E-state index is 0.406. The first-order chi connectivity index (χ1) is 11.6. The van der Waals surface area contributed by atoms with Crippen molar-refractivity contribution in [2.75, 3.05) is 0 Å². The van der Waals surface area contributed by atoms with Crippen LogP contribution >= 0.6 is 0 Å². The SMILES string of the molecule is CCCC(CC(N)CCC1CCC(N)CC1)CC1CCC(N)CC1. The van der Waals surface area contributed by atoms with E-state index in [9.17, 15) is 0 Å². The first kappa shape index (κ1) is 20.2. The van der Waals surface area contributed by atoms with Crippen LogP contribution in [-0.4, -0.2) is 18.1 Å². The molecule has 2 fully saturated rings. The highest BCUT2D eigenvalue weighted by Crippen LogP contribution is 2.33. The van der Waals surface area contributed by atoms with Gasteiger partial charge in [-0.15, -0.1) is 0 Å². The molecule has 6 N–H and O–H groups in total. The van der Waals surface area contributed by atoms with Crippen LogP contribution < -0.4 is 17.2 Å². The van der Waals surface area contributed by atoms with Crippen LogP contribution in [0.15, 0.2) is 0 Å². The molecule has 0 amide bonds. The fourth-order valence-corrected chi connectivity index (χ4v) is 5.11. The predicted octanol–water partition coefficient (Wildman–Crippen LogP) is 4.33. The Morgan fingerprint density at radius 3 is 1.88 bits per heavy atom. The molecule has 2 rings (SSSR count). The Morgan fingerprint density at radius 1 is 0.792 bits per heavy atom. The Labute approximate surface area is 150 Å². The van der Waals surface area contributed by atoms with Crippen LogP contribution in [0.4, 0.5) is 0 Å². The second-order valence-electron chi connectivity index (χ2n) is 9.03.